The Hall–Kier alpha value is -2.05. The van der Waals surface area contributed by atoms with E-state index >= 15 is 0 Å². The molecule has 0 saturated carbocycles. The average Bonchev–Trinajstić information content (AvgIpc) is 2.38. The Labute approximate surface area is 111 Å². The van der Waals surface area contributed by atoms with Gasteiger partial charge in [0.2, 0.25) is 0 Å². The van der Waals surface area contributed by atoms with Crippen LogP contribution in [0.4, 0.5) is 5.69 Å². The number of aromatic nitrogens is 1. The van der Waals surface area contributed by atoms with Gasteiger partial charge in [0.25, 0.3) is 0 Å². The zero-order chi connectivity index (χ0) is 13.0. The monoisotopic (exact) mass is 257 g/mol. The molecule has 0 aliphatic carbocycles. The van der Waals surface area contributed by atoms with Crippen LogP contribution in [0.5, 0.6) is 0 Å². The van der Waals surface area contributed by atoms with E-state index in [1.807, 2.05) is 25.1 Å². The maximum absolute atomic E-state index is 8.84. The maximum Gasteiger partial charge on any atom is 0.0992 e. The van der Waals surface area contributed by atoms with Crippen LogP contribution in [0.1, 0.15) is 17.0 Å². The molecule has 0 unspecified atom stereocenters. The summed E-state index contributed by atoms with van der Waals surface area (Å²) >= 11 is 6.06. The molecule has 0 spiro atoms. The van der Waals surface area contributed by atoms with Crippen LogP contribution in [-0.4, -0.2) is 4.98 Å². The van der Waals surface area contributed by atoms with Crippen LogP contribution in [0.2, 0.25) is 5.02 Å². The highest BCUT2D eigenvalue weighted by atomic mass is 35.5. The van der Waals surface area contributed by atoms with Crippen molar-refractivity contribution in [3.05, 3.63) is 58.4 Å². The Morgan fingerprint density at radius 3 is 2.89 bits per heavy atom. The third kappa shape index (κ3) is 2.99. The number of anilines is 1. The highest BCUT2D eigenvalue weighted by Crippen LogP contribution is 2.23. The van der Waals surface area contributed by atoms with E-state index in [1.54, 1.807) is 18.2 Å². The van der Waals surface area contributed by atoms with Crippen molar-refractivity contribution in [2.24, 2.45) is 0 Å². The van der Waals surface area contributed by atoms with Gasteiger partial charge in [-0.05, 0) is 37.3 Å². The van der Waals surface area contributed by atoms with Crippen LogP contribution in [-0.2, 0) is 6.54 Å². The van der Waals surface area contributed by atoms with Crippen molar-refractivity contribution >= 4 is 17.3 Å². The Morgan fingerprint density at radius 2 is 2.17 bits per heavy atom. The summed E-state index contributed by atoms with van der Waals surface area (Å²) < 4.78 is 0. The summed E-state index contributed by atoms with van der Waals surface area (Å²) in [6.07, 6.45) is 0. The number of hydrogen-bond donors (Lipinski definition) is 1. The summed E-state index contributed by atoms with van der Waals surface area (Å²) in [5.41, 5.74) is 3.25. The number of hydrogen-bond acceptors (Lipinski definition) is 3. The topological polar surface area (TPSA) is 48.7 Å². The minimum Gasteiger partial charge on any atom is -0.378 e. The number of rotatable bonds is 3. The molecule has 3 nitrogen and oxygen atoms in total. The molecule has 0 fully saturated rings. The van der Waals surface area contributed by atoms with Crippen LogP contribution in [0.3, 0.4) is 0 Å². The lowest BCUT2D eigenvalue weighted by Crippen LogP contribution is -2.02. The van der Waals surface area contributed by atoms with Crippen molar-refractivity contribution < 1.29 is 0 Å². The first-order chi connectivity index (χ1) is 8.69. The van der Waals surface area contributed by atoms with Crippen LogP contribution < -0.4 is 5.32 Å². The van der Waals surface area contributed by atoms with Crippen molar-refractivity contribution in [1.29, 1.82) is 5.26 Å². The summed E-state index contributed by atoms with van der Waals surface area (Å²) in [6.45, 7) is 2.53. The molecule has 0 atom stereocenters. The third-order valence-corrected chi connectivity index (χ3v) is 2.83. The van der Waals surface area contributed by atoms with Gasteiger partial charge in [-0.1, -0.05) is 17.7 Å². The number of aryl methyl sites for hydroxylation is 1. The molecular weight excluding hydrogens is 246 g/mol. The van der Waals surface area contributed by atoms with E-state index in [4.69, 9.17) is 16.9 Å². The van der Waals surface area contributed by atoms with Gasteiger partial charge >= 0.3 is 0 Å². The normalized spacial score (nSPS) is 9.83. The van der Waals surface area contributed by atoms with E-state index < -0.39 is 0 Å². The first-order valence-electron chi connectivity index (χ1n) is 5.55. The molecule has 1 aromatic carbocycles. The predicted molar refractivity (Wildman–Crippen MR) is 72.5 cm³/mol. The molecule has 90 valence electrons. The zero-order valence-electron chi connectivity index (χ0n) is 9.94. The number of nitriles is 1. The van der Waals surface area contributed by atoms with Crippen molar-refractivity contribution in [2.45, 2.75) is 13.5 Å². The molecule has 1 N–H and O–H groups in total. The highest BCUT2D eigenvalue weighted by molar-refractivity contribution is 6.33. The van der Waals surface area contributed by atoms with Crippen molar-refractivity contribution in [1.82, 2.24) is 4.98 Å². The van der Waals surface area contributed by atoms with Gasteiger partial charge < -0.3 is 5.32 Å². The molecule has 18 heavy (non-hydrogen) atoms. The lowest BCUT2D eigenvalue weighted by molar-refractivity contribution is 1.02. The number of halogens is 1. The third-order valence-electron chi connectivity index (χ3n) is 2.50. The largest absolute Gasteiger partial charge is 0.378 e. The molecule has 0 bridgehead atoms. The molecule has 0 amide bonds. The van der Waals surface area contributed by atoms with E-state index in [0.717, 1.165) is 17.1 Å². The molecule has 0 radical (unpaired) electrons. The van der Waals surface area contributed by atoms with E-state index in [1.165, 1.54) is 0 Å². The predicted octanol–water partition coefficient (Wildman–Crippen LogP) is 3.53. The minimum atomic E-state index is 0.580. The molecule has 2 aromatic rings. The second-order valence-electron chi connectivity index (χ2n) is 3.93. The van der Waals surface area contributed by atoms with Gasteiger partial charge in [0.1, 0.15) is 0 Å². The Morgan fingerprint density at radius 1 is 1.33 bits per heavy atom. The molecule has 0 aliphatic heterocycles. The summed E-state index contributed by atoms with van der Waals surface area (Å²) in [5.74, 6) is 0. The smallest absolute Gasteiger partial charge is 0.0992 e. The summed E-state index contributed by atoms with van der Waals surface area (Å²) in [7, 11) is 0. The lowest BCUT2D eigenvalue weighted by Gasteiger charge is -2.08. The first-order valence-corrected chi connectivity index (χ1v) is 5.93. The Balaban J connectivity index is 2.13. The van der Waals surface area contributed by atoms with Gasteiger partial charge in [0.05, 0.1) is 34.6 Å². The van der Waals surface area contributed by atoms with Crippen LogP contribution >= 0.6 is 11.6 Å². The summed E-state index contributed by atoms with van der Waals surface area (Å²) in [4.78, 5) is 4.39. The minimum absolute atomic E-state index is 0.580. The standard InChI is InChI=1S/C14H12ClN3/c1-10-3-2-4-12(18-10)9-17-14-7-11(8-16)5-6-13(14)15/h2-7,17H,9H2,1H3. The molecule has 4 heteroatoms. The number of benzene rings is 1. The molecule has 2 rings (SSSR count). The van der Waals surface area contributed by atoms with Crippen LogP contribution in [0, 0.1) is 18.3 Å². The van der Waals surface area contributed by atoms with Gasteiger partial charge in [-0.3, -0.25) is 4.98 Å². The number of pyridine rings is 1. The van der Waals surface area contributed by atoms with Gasteiger partial charge in [-0.25, -0.2) is 0 Å². The summed E-state index contributed by atoms with van der Waals surface area (Å²) in [6, 6.07) is 13.1. The van der Waals surface area contributed by atoms with E-state index in [9.17, 15) is 0 Å². The van der Waals surface area contributed by atoms with Gasteiger partial charge in [-0.2, -0.15) is 5.26 Å². The highest BCUT2D eigenvalue weighted by Gasteiger charge is 2.02. The second-order valence-corrected chi connectivity index (χ2v) is 4.34. The Bertz CT molecular complexity index is 602. The van der Waals surface area contributed by atoms with E-state index in [2.05, 4.69) is 16.4 Å². The fraction of sp³-hybridized carbons (Fsp3) is 0.143. The van der Waals surface area contributed by atoms with Gasteiger partial charge in [0, 0.05) is 5.69 Å². The summed E-state index contributed by atoms with van der Waals surface area (Å²) in [5, 5.41) is 12.6. The fourth-order valence-corrected chi connectivity index (χ4v) is 1.80. The van der Waals surface area contributed by atoms with Gasteiger partial charge in [0.15, 0.2) is 0 Å². The van der Waals surface area contributed by atoms with E-state index in [0.29, 0.717) is 17.1 Å². The zero-order valence-corrected chi connectivity index (χ0v) is 10.7. The van der Waals surface area contributed by atoms with Crippen molar-refractivity contribution in [2.75, 3.05) is 5.32 Å². The number of nitrogens with zero attached hydrogens (tertiary/aromatic N) is 2. The average molecular weight is 258 g/mol. The quantitative estimate of drug-likeness (QED) is 0.915. The first kappa shape index (κ1) is 12.4. The molecule has 1 aromatic heterocycles. The SMILES string of the molecule is Cc1cccc(CNc2cc(C#N)ccc2Cl)n1. The molecule has 0 aliphatic rings. The fourth-order valence-electron chi connectivity index (χ4n) is 1.61. The van der Waals surface area contributed by atoms with Gasteiger partial charge in [-0.15, -0.1) is 0 Å². The molecule has 0 saturated heterocycles. The number of nitrogens with one attached hydrogen (secondary N) is 1. The van der Waals surface area contributed by atoms with E-state index in [-0.39, 0.29) is 0 Å². The lowest BCUT2D eigenvalue weighted by atomic mass is 10.2. The second kappa shape index (κ2) is 5.52. The van der Waals surface area contributed by atoms with Crippen LogP contribution in [0.25, 0.3) is 0 Å². The molecule has 1 heterocycles. The van der Waals surface area contributed by atoms with Crippen LogP contribution in [0.15, 0.2) is 36.4 Å². The molecular formula is C14H12ClN3. The maximum atomic E-state index is 8.84. The Kier molecular flexibility index (Phi) is 3.81. The van der Waals surface area contributed by atoms with Crippen molar-refractivity contribution in [3.63, 3.8) is 0 Å². The van der Waals surface area contributed by atoms with Crippen molar-refractivity contribution in [3.8, 4) is 6.07 Å².